The highest BCUT2D eigenvalue weighted by atomic mass is 16.5. The van der Waals surface area contributed by atoms with Crippen LogP contribution in [0.25, 0.3) is 10.9 Å². The lowest BCUT2D eigenvalue weighted by Gasteiger charge is -2.11. The van der Waals surface area contributed by atoms with Gasteiger partial charge < -0.3 is 9.84 Å². The van der Waals surface area contributed by atoms with E-state index in [2.05, 4.69) is 40.6 Å². The largest absolute Gasteiger partial charge is 0.384 e. The third-order valence-electron chi connectivity index (χ3n) is 3.50. The van der Waals surface area contributed by atoms with Crippen LogP contribution in [0.5, 0.6) is 0 Å². The molecule has 2 heterocycles. The van der Waals surface area contributed by atoms with Gasteiger partial charge in [0.2, 0.25) is 5.89 Å². The first-order chi connectivity index (χ1) is 10.8. The number of fused-ring (bicyclic) bond motifs is 1. The lowest BCUT2D eigenvalue weighted by atomic mass is 10.1. The normalized spacial score (nSPS) is 11.0. The van der Waals surface area contributed by atoms with E-state index in [-0.39, 0.29) is 0 Å². The Bertz CT molecular complexity index is 766. The van der Waals surface area contributed by atoms with Crippen molar-refractivity contribution in [3.05, 3.63) is 47.7 Å². The second kappa shape index (κ2) is 6.56. The van der Waals surface area contributed by atoms with Gasteiger partial charge in [0, 0.05) is 29.7 Å². The van der Waals surface area contributed by atoms with Crippen LogP contribution >= 0.6 is 0 Å². The smallest absolute Gasteiger partial charge is 0.228 e. The van der Waals surface area contributed by atoms with E-state index in [1.165, 1.54) is 0 Å². The van der Waals surface area contributed by atoms with Crippen LogP contribution in [0.3, 0.4) is 0 Å². The van der Waals surface area contributed by atoms with E-state index in [9.17, 15) is 0 Å². The Balaban J connectivity index is 1.79. The number of anilines is 1. The maximum atomic E-state index is 5.14. The molecule has 0 bridgehead atoms. The molecule has 0 radical (unpaired) electrons. The Morgan fingerprint density at radius 2 is 2.00 bits per heavy atom. The Hall–Kier alpha value is -2.43. The number of nitrogens with one attached hydrogen (secondary N) is 1. The number of hydrogen-bond donors (Lipinski definition) is 1. The standard InChI is InChI=1S/C17H20N4O/c1-3-6-13-11-16(14-7-4-5-8-15(14)20-13)18-10-9-17-19-12(2)21-22-17/h4-5,7-8,11H,3,6,9-10H2,1-2H3,(H,18,20). The number of para-hydroxylation sites is 1. The SMILES string of the molecule is CCCc1cc(NCCc2nc(C)no2)c2ccccc2n1. The predicted octanol–water partition coefficient (Wildman–Crippen LogP) is 3.53. The zero-order valence-electron chi connectivity index (χ0n) is 13.0. The molecule has 0 saturated carbocycles. The molecule has 1 N–H and O–H groups in total. The minimum Gasteiger partial charge on any atom is -0.384 e. The topological polar surface area (TPSA) is 63.8 Å². The Morgan fingerprint density at radius 1 is 1.14 bits per heavy atom. The summed E-state index contributed by atoms with van der Waals surface area (Å²) in [5.41, 5.74) is 3.27. The van der Waals surface area contributed by atoms with Crippen molar-refractivity contribution in [1.82, 2.24) is 15.1 Å². The van der Waals surface area contributed by atoms with E-state index in [0.29, 0.717) is 18.1 Å². The first-order valence-corrected chi connectivity index (χ1v) is 7.68. The molecule has 0 atom stereocenters. The molecule has 0 saturated heterocycles. The van der Waals surface area contributed by atoms with Crippen molar-refractivity contribution in [2.24, 2.45) is 0 Å². The highest BCUT2D eigenvalue weighted by Crippen LogP contribution is 2.23. The minimum atomic E-state index is 0.664. The fraction of sp³-hybridized carbons (Fsp3) is 0.353. The maximum Gasteiger partial charge on any atom is 0.228 e. The molecule has 3 rings (SSSR count). The van der Waals surface area contributed by atoms with Crippen molar-refractivity contribution in [2.45, 2.75) is 33.1 Å². The number of hydrogen-bond acceptors (Lipinski definition) is 5. The van der Waals surface area contributed by atoms with E-state index in [1.807, 2.05) is 19.1 Å². The lowest BCUT2D eigenvalue weighted by molar-refractivity contribution is 0.377. The number of pyridine rings is 1. The summed E-state index contributed by atoms with van der Waals surface area (Å²) < 4.78 is 5.14. The summed E-state index contributed by atoms with van der Waals surface area (Å²) in [6, 6.07) is 10.4. The van der Waals surface area contributed by atoms with Crippen molar-refractivity contribution in [2.75, 3.05) is 11.9 Å². The van der Waals surface area contributed by atoms with Gasteiger partial charge in [-0.25, -0.2) is 0 Å². The summed E-state index contributed by atoms with van der Waals surface area (Å²) >= 11 is 0. The molecule has 5 nitrogen and oxygen atoms in total. The van der Waals surface area contributed by atoms with Gasteiger partial charge in [0.15, 0.2) is 5.82 Å². The summed E-state index contributed by atoms with van der Waals surface area (Å²) in [4.78, 5) is 8.94. The average molecular weight is 296 g/mol. The molecular weight excluding hydrogens is 276 g/mol. The fourth-order valence-electron chi connectivity index (χ4n) is 2.51. The Labute approximate surface area is 129 Å². The van der Waals surface area contributed by atoms with Crippen LogP contribution in [-0.4, -0.2) is 21.7 Å². The number of aromatic nitrogens is 3. The monoisotopic (exact) mass is 296 g/mol. The van der Waals surface area contributed by atoms with Crippen molar-refractivity contribution in [3.8, 4) is 0 Å². The molecule has 114 valence electrons. The fourth-order valence-corrected chi connectivity index (χ4v) is 2.51. The van der Waals surface area contributed by atoms with Gasteiger partial charge in [0.25, 0.3) is 0 Å². The second-order valence-electron chi connectivity index (χ2n) is 5.34. The molecule has 1 aromatic carbocycles. The molecule has 0 spiro atoms. The van der Waals surface area contributed by atoms with Crippen molar-refractivity contribution in [1.29, 1.82) is 0 Å². The number of benzene rings is 1. The van der Waals surface area contributed by atoms with Crippen molar-refractivity contribution < 1.29 is 4.52 Å². The van der Waals surface area contributed by atoms with Gasteiger partial charge in [-0.15, -0.1) is 0 Å². The zero-order valence-corrected chi connectivity index (χ0v) is 13.0. The van der Waals surface area contributed by atoms with E-state index in [0.717, 1.165) is 41.7 Å². The van der Waals surface area contributed by atoms with Crippen LogP contribution in [0.2, 0.25) is 0 Å². The summed E-state index contributed by atoms with van der Waals surface area (Å²) in [5, 5.41) is 8.43. The molecule has 0 aliphatic carbocycles. The van der Waals surface area contributed by atoms with E-state index in [4.69, 9.17) is 9.51 Å². The molecule has 0 amide bonds. The summed E-state index contributed by atoms with van der Waals surface area (Å²) in [6.45, 7) is 4.75. The first-order valence-electron chi connectivity index (χ1n) is 7.68. The molecule has 0 fully saturated rings. The van der Waals surface area contributed by atoms with Crippen LogP contribution in [0.4, 0.5) is 5.69 Å². The minimum absolute atomic E-state index is 0.664. The second-order valence-corrected chi connectivity index (χ2v) is 5.34. The van der Waals surface area contributed by atoms with Gasteiger partial charge in [-0.2, -0.15) is 4.98 Å². The number of rotatable bonds is 6. The van der Waals surface area contributed by atoms with Crippen LogP contribution in [0, 0.1) is 6.92 Å². The summed E-state index contributed by atoms with van der Waals surface area (Å²) in [5.74, 6) is 1.34. The molecule has 2 aromatic heterocycles. The van der Waals surface area contributed by atoms with E-state index in [1.54, 1.807) is 0 Å². The van der Waals surface area contributed by atoms with Gasteiger partial charge in [-0.05, 0) is 25.5 Å². The maximum absolute atomic E-state index is 5.14. The van der Waals surface area contributed by atoms with Crippen molar-refractivity contribution in [3.63, 3.8) is 0 Å². The van der Waals surface area contributed by atoms with Gasteiger partial charge in [0.05, 0.1) is 5.52 Å². The van der Waals surface area contributed by atoms with Crippen LogP contribution in [0.1, 0.15) is 30.8 Å². The van der Waals surface area contributed by atoms with Crippen LogP contribution < -0.4 is 5.32 Å². The zero-order chi connectivity index (χ0) is 15.4. The van der Waals surface area contributed by atoms with Gasteiger partial charge >= 0.3 is 0 Å². The molecule has 0 aliphatic rings. The molecule has 5 heteroatoms. The molecule has 0 unspecified atom stereocenters. The highest BCUT2D eigenvalue weighted by Gasteiger charge is 2.06. The lowest BCUT2D eigenvalue weighted by Crippen LogP contribution is -2.07. The van der Waals surface area contributed by atoms with Gasteiger partial charge in [0.1, 0.15) is 0 Å². The molecule has 22 heavy (non-hydrogen) atoms. The van der Waals surface area contributed by atoms with E-state index >= 15 is 0 Å². The first kappa shape index (κ1) is 14.5. The van der Waals surface area contributed by atoms with Crippen molar-refractivity contribution >= 4 is 16.6 Å². The summed E-state index contributed by atoms with van der Waals surface area (Å²) in [7, 11) is 0. The molecular formula is C17H20N4O. The third kappa shape index (κ3) is 3.24. The molecule has 0 aliphatic heterocycles. The molecule has 3 aromatic rings. The average Bonchev–Trinajstić information content (AvgIpc) is 2.93. The Morgan fingerprint density at radius 3 is 2.77 bits per heavy atom. The number of nitrogens with zero attached hydrogens (tertiary/aromatic N) is 3. The van der Waals surface area contributed by atoms with Crippen LogP contribution in [0.15, 0.2) is 34.9 Å². The number of aryl methyl sites for hydroxylation is 2. The third-order valence-corrected chi connectivity index (χ3v) is 3.50. The van der Waals surface area contributed by atoms with E-state index < -0.39 is 0 Å². The predicted molar refractivity (Wildman–Crippen MR) is 87.0 cm³/mol. The van der Waals surface area contributed by atoms with Gasteiger partial charge in [-0.1, -0.05) is 36.7 Å². The Kier molecular flexibility index (Phi) is 4.32. The van der Waals surface area contributed by atoms with Gasteiger partial charge in [-0.3, -0.25) is 4.98 Å². The highest BCUT2D eigenvalue weighted by molar-refractivity contribution is 5.91. The quantitative estimate of drug-likeness (QED) is 0.754. The summed E-state index contributed by atoms with van der Waals surface area (Å²) in [6.07, 6.45) is 2.79. The van der Waals surface area contributed by atoms with Crippen LogP contribution in [-0.2, 0) is 12.8 Å².